The Morgan fingerprint density at radius 3 is 3.09 bits per heavy atom. The highest BCUT2D eigenvalue weighted by Crippen LogP contribution is 2.30. The Hall–Kier alpha value is -0.830. The van der Waals surface area contributed by atoms with Gasteiger partial charge in [-0.3, -0.25) is 0 Å². The van der Waals surface area contributed by atoms with E-state index in [2.05, 4.69) is 14.9 Å². The van der Waals surface area contributed by atoms with E-state index in [0.717, 1.165) is 24.3 Å². The molecule has 2 heterocycles. The van der Waals surface area contributed by atoms with E-state index < -0.39 is 0 Å². The highest BCUT2D eigenvalue weighted by atomic mass is 35.5. The van der Waals surface area contributed by atoms with Crippen LogP contribution >= 0.6 is 11.6 Å². The molecule has 4 heteroatoms. The van der Waals surface area contributed by atoms with Gasteiger partial charge in [0.2, 0.25) is 0 Å². The average molecular weight is 170 g/mol. The number of aromatic nitrogens is 2. The van der Waals surface area contributed by atoms with Crippen molar-refractivity contribution in [3.8, 4) is 0 Å². The van der Waals surface area contributed by atoms with Gasteiger partial charge in [-0.05, 0) is 0 Å². The number of likely N-dealkylation sites (N-methyl/N-ethyl adjacent to an activating group) is 1. The minimum absolute atomic E-state index is 0.565. The molecule has 0 N–H and O–H groups in total. The summed E-state index contributed by atoms with van der Waals surface area (Å²) in [7, 11) is 2.00. The van der Waals surface area contributed by atoms with Crippen LogP contribution in [-0.4, -0.2) is 23.6 Å². The molecule has 0 amide bonds. The Kier molecular flexibility index (Phi) is 1.46. The summed E-state index contributed by atoms with van der Waals surface area (Å²) in [4.78, 5) is 10.1. The number of fused-ring (bicyclic) bond motifs is 1. The van der Waals surface area contributed by atoms with Gasteiger partial charge in [0.05, 0.1) is 11.4 Å². The molecule has 3 nitrogen and oxygen atoms in total. The Morgan fingerprint density at radius 2 is 2.36 bits per heavy atom. The van der Waals surface area contributed by atoms with E-state index in [1.165, 1.54) is 6.33 Å². The predicted octanol–water partition coefficient (Wildman–Crippen LogP) is 1.12. The lowest BCUT2D eigenvalue weighted by atomic mass is 10.3. The Labute approximate surface area is 70.0 Å². The minimum atomic E-state index is 0.565. The summed E-state index contributed by atoms with van der Waals surface area (Å²) < 4.78 is 0. The van der Waals surface area contributed by atoms with E-state index in [-0.39, 0.29) is 0 Å². The van der Waals surface area contributed by atoms with Crippen LogP contribution in [0.1, 0.15) is 5.69 Å². The second kappa shape index (κ2) is 2.34. The van der Waals surface area contributed by atoms with E-state index >= 15 is 0 Å². The molecular formula is C7H8ClN3. The lowest BCUT2D eigenvalue weighted by Crippen LogP contribution is -2.13. The van der Waals surface area contributed by atoms with E-state index in [4.69, 9.17) is 11.6 Å². The first-order valence-electron chi connectivity index (χ1n) is 3.49. The van der Waals surface area contributed by atoms with Crippen LogP contribution in [0.2, 0.25) is 5.15 Å². The lowest BCUT2D eigenvalue weighted by molar-refractivity contribution is 0.943. The number of anilines is 1. The zero-order chi connectivity index (χ0) is 7.84. The van der Waals surface area contributed by atoms with Gasteiger partial charge in [-0.1, -0.05) is 11.6 Å². The van der Waals surface area contributed by atoms with E-state index in [0.29, 0.717) is 5.15 Å². The van der Waals surface area contributed by atoms with Crippen molar-refractivity contribution in [1.82, 2.24) is 9.97 Å². The van der Waals surface area contributed by atoms with Gasteiger partial charge in [-0.15, -0.1) is 0 Å². The molecule has 0 fully saturated rings. The smallest absolute Gasteiger partial charge is 0.156 e. The average Bonchev–Trinajstić information content (AvgIpc) is 2.34. The molecular weight excluding hydrogens is 162 g/mol. The zero-order valence-corrected chi connectivity index (χ0v) is 6.97. The summed E-state index contributed by atoms with van der Waals surface area (Å²) in [6.07, 6.45) is 2.49. The third-order valence-corrected chi connectivity index (χ3v) is 2.20. The largest absolute Gasteiger partial charge is 0.370 e. The first-order chi connectivity index (χ1) is 5.29. The van der Waals surface area contributed by atoms with Gasteiger partial charge in [0.15, 0.2) is 5.15 Å². The van der Waals surface area contributed by atoms with Crippen LogP contribution < -0.4 is 4.90 Å². The topological polar surface area (TPSA) is 29.0 Å². The van der Waals surface area contributed by atoms with Crippen molar-refractivity contribution in [2.75, 3.05) is 18.5 Å². The van der Waals surface area contributed by atoms with Crippen molar-refractivity contribution in [3.05, 3.63) is 17.2 Å². The standard InChI is InChI=1S/C7H8ClN3/c1-11-3-2-5-6(11)7(8)10-4-9-5/h4H,2-3H2,1H3. The fourth-order valence-electron chi connectivity index (χ4n) is 1.34. The second-order valence-corrected chi connectivity index (χ2v) is 2.99. The number of hydrogen-bond acceptors (Lipinski definition) is 3. The van der Waals surface area contributed by atoms with Gasteiger partial charge in [0.1, 0.15) is 6.33 Å². The summed E-state index contributed by atoms with van der Waals surface area (Å²) in [5.41, 5.74) is 2.06. The van der Waals surface area contributed by atoms with Gasteiger partial charge < -0.3 is 4.90 Å². The number of nitrogens with zero attached hydrogens (tertiary/aromatic N) is 3. The maximum Gasteiger partial charge on any atom is 0.156 e. The molecule has 0 bridgehead atoms. The van der Waals surface area contributed by atoms with Crippen LogP contribution in [0.3, 0.4) is 0 Å². The molecule has 0 spiro atoms. The molecule has 0 unspecified atom stereocenters. The fourth-order valence-corrected chi connectivity index (χ4v) is 1.63. The lowest BCUT2D eigenvalue weighted by Gasteiger charge is -2.11. The maximum absolute atomic E-state index is 5.87. The highest BCUT2D eigenvalue weighted by Gasteiger charge is 2.20. The van der Waals surface area contributed by atoms with E-state index in [1.807, 2.05) is 7.05 Å². The Morgan fingerprint density at radius 1 is 1.55 bits per heavy atom. The predicted molar refractivity (Wildman–Crippen MR) is 44.0 cm³/mol. The summed E-state index contributed by atoms with van der Waals surface area (Å²) in [6.45, 7) is 0.994. The minimum Gasteiger partial charge on any atom is -0.370 e. The van der Waals surface area contributed by atoms with E-state index in [1.54, 1.807) is 0 Å². The monoisotopic (exact) mass is 169 g/mol. The molecule has 58 valence electrons. The first kappa shape index (κ1) is 6.85. The van der Waals surface area contributed by atoms with Crippen molar-refractivity contribution in [2.24, 2.45) is 0 Å². The molecule has 0 atom stereocenters. The maximum atomic E-state index is 5.87. The van der Waals surface area contributed by atoms with Crippen LogP contribution in [0.15, 0.2) is 6.33 Å². The summed E-state index contributed by atoms with van der Waals surface area (Å²) in [5, 5.41) is 0.565. The number of hydrogen-bond donors (Lipinski definition) is 0. The number of halogens is 1. The molecule has 0 aliphatic carbocycles. The Balaban J connectivity index is 2.58. The molecule has 1 aliphatic heterocycles. The molecule has 0 saturated carbocycles. The molecule has 0 radical (unpaired) electrons. The summed E-state index contributed by atoms with van der Waals surface area (Å²) in [6, 6.07) is 0. The van der Waals surface area contributed by atoms with Crippen molar-refractivity contribution in [1.29, 1.82) is 0 Å². The van der Waals surface area contributed by atoms with Crippen LogP contribution in [0.5, 0.6) is 0 Å². The van der Waals surface area contributed by atoms with Gasteiger partial charge in [-0.2, -0.15) is 0 Å². The Bertz CT molecular complexity index is 287. The van der Waals surface area contributed by atoms with Crippen molar-refractivity contribution in [2.45, 2.75) is 6.42 Å². The SMILES string of the molecule is CN1CCc2ncnc(Cl)c21. The van der Waals surface area contributed by atoms with Crippen LogP contribution in [0.25, 0.3) is 0 Å². The third kappa shape index (κ3) is 0.959. The quantitative estimate of drug-likeness (QED) is 0.545. The first-order valence-corrected chi connectivity index (χ1v) is 3.87. The third-order valence-electron chi connectivity index (χ3n) is 1.92. The van der Waals surface area contributed by atoms with Gasteiger partial charge in [0, 0.05) is 20.0 Å². The molecule has 0 aromatic carbocycles. The second-order valence-electron chi connectivity index (χ2n) is 2.63. The zero-order valence-electron chi connectivity index (χ0n) is 6.21. The van der Waals surface area contributed by atoms with Gasteiger partial charge in [0.25, 0.3) is 0 Å². The number of rotatable bonds is 0. The van der Waals surface area contributed by atoms with Crippen LogP contribution in [-0.2, 0) is 6.42 Å². The highest BCUT2D eigenvalue weighted by molar-refractivity contribution is 6.32. The van der Waals surface area contributed by atoms with Crippen LogP contribution in [0.4, 0.5) is 5.69 Å². The fraction of sp³-hybridized carbons (Fsp3) is 0.429. The molecule has 1 aliphatic rings. The molecule has 11 heavy (non-hydrogen) atoms. The molecule has 1 aromatic rings. The molecule has 0 saturated heterocycles. The van der Waals surface area contributed by atoms with Gasteiger partial charge >= 0.3 is 0 Å². The van der Waals surface area contributed by atoms with E-state index in [9.17, 15) is 0 Å². The van der Waals surface area contributed by atoms with Crippen molar-refractivity contribution in [3.63, 3.8) is 0 Å². The van der Waals surface area contributed by atoms with Gasteiger partial charge in [-0.25, -0.2) is 9.97 Å². The van der Waals surface area contributed by atoms with Crippen molar-refractivity contribution < 1.29 is 0 Å². The van der Waals surface area contributed by atoms with Crippen molar-refractivity contribution >= 4 is 17.3 Å². The van der Waals surface area contributed by atoms with Crippen LogP contribution in [0, 0.1) is 0 Å². The summed E-state index contributed by atoms with van der Waals surface area (Å²) >= 11 is 5.87. The molecule has 2 rings (SSSR count). The molecule has 1 aromatic heterocycles. The normalized spacial score (nSPS) is 15.3. The summed E-state index contributed by atoms with van der Waals surface area (Å²) in [5.74, 6) is 0.